The average Bonchev–Trinajstić information content (AvgIpc) is 2.45. The van der Waals surface area contributed by atoms with Crippen molar-refractivity contribution < 1.29 is 15.0 Å². The first-order chi connectivity index (χ1) is 9.50. The fourth-order valence-corrected chi connectivity index (χ4v) is 2.26. The minimum Gasteiger partial charge on any atom is -0.480 e. The summed E-state index contributed by atoms with van der Waals surface area (Å²) >= 11 is 0. The molecule has 0 heterocycles. The van der Waals surface area contributed by atoms with Crippen molar-refractivity contribution in [1.29, 1.82) is 0 Å². The summed E-state index contributed by atoms with van der Waals surface area (Å²) in [4.78, 5) is 12.6. The van der Waals surface area contributed by atoms with Crippen molar-refractivity contribution in [3.63, 3.8) is 0 Å². The van der Waals surface area contributed by atoms with Gasteiger partial charge in [-0.3, -0.25) is 9.69 Å². The third kappa shape index (κ3) is 2.98. The first-order valence-corrected chi connectivity index (χ1v) is 6.59. The number of aliphatic hydroxyl groups is 1. The van der Waals surface area contributed by atoms with Crippen LogP contribution < -0.4 is 0 Å². The van der Waals surface area contributed by atoms with Gasteiger partial charge in [-0.2, -0.15) is 0 Å². The molecular formula is C16H19NO3. The maximum Gasteiger partial charge on any atom is 0.320 e. The Morgan fingerprint density at radius 3 is 2.55 bits per heavy atom. The van der Waals surface area contributed by atoms with E-state index in [0.717, 1.165) is 16.3 Å². The van der Waals surface area contributed by atoms with Crippen molar-refractivity contribution in [2.24, 2.45) is 0 Å². The number of likely N-dealkylation sites (N-methyl/N-ethyl adjacent to an activating group) is 1. The standard InChI is InChI=1S/C16H19NO3/c1-11(16(19)20)17(2)10-15(18)14-9-5-7-12-6-3-4-8-13(12)14/h3-9,11,15,18H,10H2,1-2H3,(H,19,20)/t11-,15-/m0/s1. The van der Waals surface area contributed by atoms with Crippen LogP contribution in [-0.2, 0) is 4.79 Å². The van der Waals surface area contributed by atoms with Gasteiger partial charge in [-0.25, -0.2) is 0 Å². The van der Waals surface area contributed by atoms with E-state index in [9.17, 15) is 9.90 Å². The minimum atomic E-state index is -0.891. The number of carbonyl (C=O) groups is 1. The Balaban J connectivity index is 2.23. The molecule has 0 aromatic heterocycles. The molecule has 2 rings (SSSR count). The van der Waals surface area contributed by atoms with E-state index >= 15 is 0 Å². The molecule has 0 saturated carbocycles. The number of hydrogen-bond donors (Lipinski definition) is 2. The minimum absolute atomic E-state index is 0.279. The SMILES string of the molecule is C[C@@H](C(=O)O)N(C)C[C@H](O)c1cccc2ccccc12. The molecule has 0 amide bonds. The number of hydrogen-bond acceptors (Lipinski definition) is 3. The Morgan fingerprint density at radius 1 is 1.20 bits per heavy atom. The molecular weight excluding hydrogens is 254 g/mol. The number of aliphatic carboxylic acids is 1. The van der Waals surface area contributed by atoms with Crippen LogP contribution in [0.2, 0.25) is 0 Å². The van der Waals surface area contributed by atoms with E-state index in [2.05, 4.69) is 0 Å². The molecule has 0 saturated heterocycles. The molecule has 0 bridgehead atoms. The average molecular weight is 273 g/mol. The molecule has 0 aliphatic heterocycles. The molecule has 4 nitrogen and oxygen atoms in total. The van der Waals surface area contributed by atoms with Gasteiger partial charge >= 0.3 is 5.97 Å². The summed E-state index contributed by atoms with van der Waals surface area (Å²) in [6, 6.07) is 13.0. The molecule has 0 unspecified atom stereocenters. The van der Waals surface area contributed by atoms with Crippen LogP contribution in [-0.4, -0.2) is 40.7 Å². The summed E-state index contributed by atoms with van der Waals surface area (Å²) in [6.07, 6.45) is -0.715. The fraction of sp³-hybridized carbons (Fsp3) is 0.312. The molecule has 0 aliphatic carbocycles. The zero-order valence-electron chi connectivity index (χ0n) is 11.7. The molecule has 0 aliphatic rings. The van der Waals surface area contributed by atoms with Gasteiger partial charge in [-0.1, -0.05) is 42.5 Å². The second-order valence-corrected chi connectivity index (χ2v) is 5.04. The lowest BCUT2D eigenvalue weighted by Gasteiger charge is -2.24. The van der Waals surface area contributed by atoms with Crippen molar-refractivity contribution in [2.75, 3.05) is 13.6 Å². The van der Waals surface area contributed by atoms with Crippen molar-refractivity contribution in [3.8, 4) is 0 Å². The Kier molecular flexibility index (Phi) is 4.37. The van der Waals surface area contributed by atoms with Crippen molar-refractivity contribution in [2.45, 2.75) is 19.1 Å². The van der Waals surface area contributed by atoms with Crippen LogP contribution in [0.25, 0.3) is 10.8 Å². The van der Waals surface area contributed by atoms with E-state index in [-0.39, 0.29) is 6.54 Å². The molecule has 2 N–H and O–H groups in total. The van der Waals surface area contributed by atoms with E-state index in [4.69, 9.17) is 5.11 Å². The summed E-state index contributed by atoms with van der Waals surface area (Å²) in [5.74, 6) is -0.891. The molecule has 0 radical (unpaired) electrons. The van der Waals surface area contributed by atoms with Crippen molar-refractivity contribution in [1.82, 2.24) is 4.90 Å². The normalized spacial score (nSPS) is 14.4. The van der Waals surface area contributed by atoms with Crippen LogP contribution in [0.5, 0.6) is 0 Å². The fourth-order valence-electron chi connectivity index (χ4n) is 2.26. The Labute approximate surface area is 118 Å². The number of nitrogens with zero attached hydrogens (tertiary/aromatic N) is 1. The molecule has 2 aromatic carbocycles. The van der Waals surface area contributed by atoms with Gasteiger partial charge in [0.1, 0.15) is 6.04 Å². The van der Waals surface area contributed by atoms with Crippen molar-refractivity contribution in [3.05, 3.63) is 48.0 Å². The monoisotopic (exact) mass is 273 g/mol. The van der Waals surface area contributed by atoms with Gasteiger partial charge in [-0.05, 0) is 30.3 Å². The largest absolute Gasteiger partial charge is 0.480 e. The van der Waals surface area contributed by atoms with E-state index in [1.54, 1.807) is 18.9 Å². The molecule has 2 atom stereocenters. The second-order valence-electron chi connectivity index (χ2n) is 5.04. The summed E-state index contributed by atoms with van der Waals surface area (Å²) in [5.41, 5.74) is 0.826. The van der Waals surface area contributed by atoms with Gasteiger partial charge in [-0.15, -0.1) is 0 Å². The maximum absolute atomic E-state index is 10.9. The molecule has 106 valence electrons. The highest BCUT2D eigenvalue weighted by Gasteiger charge is 2.20. The van der Waals surface area contributed by atoms with Crippen LogP contribution >= 0.6 is 0 Å². The highest BCUT2D eigenvalue weighted by atomic mass is 16.4. The molecule has 2 aromatic rings. The van der Waals surface area contributed by atoms with Crippen LogP contribution in [0.15, 0.2) is 42.5 Å². The second kappa shape index (κ2) is 6.03. The smallest absolute Gasteiger partial charge is 0.320 e. The summed E-state index contributed by atoms with van der Waals surface area (Å²) < 4.78 is 0. The molecule has 4 heteroatoms. The molecule has 20 heavy (non-hydrogen) atoms. The zero-order chi connectivity index (χ0) is 14.7. The summed E-state index contributed by atoms with van der Waals surface area (Å²) in [5, 5.41) is 21.4. The lowest BCUT2D eigenvalue weighted by Crippen LogP contribution is -2.38. The number of fused-ring (bicyclic) bond motifs is 1. The van der Waals surface area contributed by atoms with E-state index < -0.39 is 18.1 Å². The summed E-state index contributed by atoms with van der Waals surface area (Å²) in [7, 11) is 1.70. The predicted octanol–water partition coefficient (Wildman–Crippen LogP) is 2.28. The number of carboxylic acids is 1. The van der Waals surface area contributed by atoms with Gasteiger partial charge in [0.05, 0.1) is 6.10 Å². The van der Waals surface area contributed by atoms with Crippen molar-refractivity contribution >= 4 is 16.7 Å². The topological polar surface area (TPSA) is 60.8 Å². The number of benzene rings is 2. The molecule has 0 fully saturated rings. The first kappa shape index (κ1) is 14.5. The maximum atomic E-state index is 10.9. The summed E-state index contributed by atoms with van der Waals surface area (Å²) in [6.45, 7) is 1.89. The van der Waals surface area contributed by atoms with Crippen LogP contribution in [0.4, 0.5) is 0 Å². The van der Waals surface area contributed by atoms with Gasteiger partial charge in [0, 0.05) is 6.54 Å². The van der Waals surface area contributed by atoms with E-state index in [1.165, 1.54) is 0 Å². The van der Waals surface area contributed by atoms with Crippen LogP contribution in [0.3, 0.4) is 0 Å². The number of rotatable bonds is 5. The third-order valence-corrected chi connectivity index (χ3v) is 3.66. The molecule has 0 spiro atoms. The number of aliphatic hydroxyl groups excluding tert-OH is 1. The van der Waals surface area contributed by atoms with Gasteiger partial charge in [0.15, 0.2) is 0 Å². The Morgan fingerprint density at radius 2 is 1.85 bits per heavy atom. The Hall–Kier alpha value is -1.91. The van der Waals surface area contributed by atoms with Crippen LogP contribution in [0.1, 0.15) is 18.6 Å². The van der Waals surface area contributed by atoms with Gasteiger partial charge in [0.25, 0.3) is 0 Å². The van der Waals surface area contributed by atoms with Gasteiger partial charge < -0.3 is 10.2 Å². The third-order valence-electron chi connectivity index (χ3n) is 3.66. The number of carboxylic acid groups (broad SMARTS) is 1. The van der Waals surface area contributed by atoms with E-state index in [1.807, 2.05) is 42.5 Å². The van der Waals surface area contributed by atoms with Crippen LogP contribution in [0, 0.1) is 0 Å². The zero-order valence-corrected chi connectivity index (χ0v) is 11.7. The van der Waals surface area contributed by atoms with Gasteiger partial charge in [0.2, 0.25) is 0 Å². The lowest BCUT2D eigenvalue weighted by atomic mass is 10.00. The Bertz CT molecular complexity index is 606. The van der Waals surface area contributed by atoms with E-state index in [0.29, 0.717) is 0 Å². The predicted molar refractivity (Wildman–Crippen MR) is 78.6 cm³/mol. The highest BCUT2D eigenvalue weighted by molar-refractivity contribution is 5.86. The lowest BCUT2D eigenvalue weighted by molar-refractivity contribution is -0.142. The highest BCUT2D eigenvalue weighted by Crippen LogP contribution is 2.24. The quantitative estimate of drug-likeness (QED) is 0.877. The first-order valence-electron chi connectivity index (χ1n) is 6.59.